The summed E-state index contributed by atoms with van der Waals surface area (Å²) in [6, 6.07) is 30.1. The summed E-state index contributed by atoms with van der Waals surface area (Å²) in [6.07, 6.45) is 1.49. The van der Waals surface area contributed by atoms with Crippen molar-refractivity contribution in [3.05, 3.63) is 148 Å². The molecule has 1 atom stereocenters. The number of benzene rings is 5. The zero-order chi connectivity index (χ0) is 38.4. The van der Waals surface area contributed by atoms with Crippen LogP contribution in [0.15, 0.2) is 120 Å². The third kappa shape index (κ3) is 7.88. The number of carbonyl (C=O) groups excluding carboxylic acids is 5. The fourth-order valence-electron chi connectivity index (χ4n) is 5.88. The maximum Gasteiger partial charge on any atom is 0.272 e. The predicted molar refractivity (Wildman–Crippen MR) is 207 cm³/mol. The molecule has 0 spiro atoms. The number of anilines is 2. The fraction of sp³-hybridized carbons (Fsp3) is 0.119. The van der Waals surface area contributed by atoms with Gasteiger partial charge in [-0.2, -0.15) is 0 Å². The van der Waals surface area contributed by atoms with Gasteiger partial charge in [0.1, 0.15) is 5.70 Å². The van der Waals surface area contributed by atoms with Crippen LogP contribution in [-0.4, -0.2) is 55.9 Å². The van der Waals surface area contributed by atoms with Gasteiger partial charge in [-0.05, 0) is 67.1 Å². The molecule has 0 saturated heterocycles. The first-order valence-corrected chi connectivity index (χ1v) is 17.6. The first-order valence-electron chi connectivity index (χ1n) is 16.7. The van der Waals surface area contributed by atoms with E-state index in [0.29, 0.717) is 50.1 Å². The molecule has 5 aromatic rings. The average molecular weight is 742 g/mol. The van der Waals surface area contributed by atoms with Gasteiger partial charge >= 0.3 is 0 Å². The Bertz CT molecular complexity index is 2300. The summed E-state index contributed by atoms with van der Waals surface area (Å²) in [7, 11) is 4.43. The maximum atomic E-state index is 13.8. The summed E-state index contributed by atoms with van der Waals surface area (Å²) in [5, 5.41) is 7.75. The van der Waals surface area contributed by atoms with E-state index in [1.807, 2.05) is 0 Å². The molecule has 54 heavy (non-hydrogen) atoms. The van der Waals surface area contributed by atoms with Gasteiger partial charge in [0.25, 0.3) is 11.8 Å². The second-order valence-electron chi connectivity index (χ2n) is 12.0. The van der Waals surface area contributed by atoms with Gasteiger partial charge in [0.05, 0.1) is 37.8 Å². The van der Waals surface area contributed by atoms with Crippen molar-refractivity contribution in [2.24, 2.45) is 0 Å². The van der Waals surface area contributed by atoms with Crippen LogP contribution >= 0.6 is 11.8 Å². The summed E-state index contributed by atoms with van der Waals surface area (Å²) >= 11 is 1.23. The molecule has 0 radical (unpaired) electrons. The van der Waals surface area contributed by atoms with Crippen LogP contribution in [0.4, 0.5) is 11.4 Å². The van der Waals surface area contributed by atoms with Gasteiger partial charge in [-0.25, -0.2) is 0 Å². The molecule has 11 nitrogen and oxygen atoms in total. The number of methoxy groups -OCH3 is 3. The second kappa shape index (κ2) is 16.3. The van der Waals surface area contributed by atoms with Crippen molar-refractivity contribution < 1.29 is 38.2 Å². The highest BCUT2D eigenvalue weighted by Crippen LogP contribution is 2.39. The molecule has 0 heterocycles. The van der Waals surface area contributed by atoms with E-state index < -0.39 is 17.1 Å². The Balaban J connectivity index is 1.20. The lowest BCUT2D eigenvalue weighted by atomic mass is 9.83. The molecular weight excluding hydrogens is 707 g/mol. The first-order chi connectivity index (χ1) is 26.1. The van der Waals surface area contributed by atoms with Crippen molar-refractivity contribution >= 4 is 58.5 Å². The minimum absolute atomic E-state index is 0.0641. The number of thioether (sulfide) groups is 1. The summed E-state index contributed by atoms with van der Waals surface area (Å²) in [4.78, 5) is 67.7. The summed E-state index contributed by atoms with van der Waals surface area (Å²) in [6.45, 7) is 1.71. The molecule has 3 amide bonds. The lowest BCUT2D eigenvalue weighted by molar-refractivity contribution is -0.115. The monoisotopic (exact) mass is 741 g/mol. The molecule has 272 valence electrons. The molecule has 0 aliphatic heterocycles. The molecule has 12 heteroatoms. The number of ketones is 2. The van der Waals surface area contributed by atoms with E-state index in [0.717, 1.165) is 0 Å². The van der Waals surface area contributed by atoms with Crippen LogP contribution in [0, 0.1) is 0 Å². The molecule has 1 unspecified atom stereocenters. The molecule has 1 aliphatic carbocycles. The van der Waals surface area contributed by atoms with Crippen molar-refractivity contribution in [2.75, 3.05) is 32.0 Å². The predicted octanol–water partition coefficient (Wildman–Crippen LogP) is 7.02. The number of carbonyl (C=O) groups is 5. The quantitative estimate of drug-likeness (QED) is 0.0889. The molecule has 3 N–H and O–H groups in total. The van der Waals surface area contributed by atoms with E-state index in [4.69, 9.17) is 14.2 Å². The second-order valence-corrected chi connectivity index (χ2v) is 13.4. The minimum atomic E-state index is -0.644. The van der Waals surface area contributed by atoms with Crippen molar-refractivity contribution in [3.63, 3.8) is 0 Å². The number of ether oxygens (including phenoxy) is 3. The number of hydrogen-bond acceptors (Lipinski definition) is 9. The number of nitrogens with one attached hydrogen (secondary N) is 3. The van der Waals surface area contributed by atoms with E-state index in [-0.39, 0.29) is 40.0 Å². The lowest BCUT2D eigenvalue weighted by Crippen LogP contribution is -2.30. The SMILES string of the molecule is COc1cc(/C=C(/NC(=O)c2ccccc2)C(=O)Nc2cccc(SC(C)C(=O)Nc3cccc4c3C(=O)c3ccccc3C4=O)c2)cc(OC)c1OC. The average Bonchev–Trinajstić information content (AvgIpc) is 3.19. The van der Waals surface area contributed by atoms with Gasteiger partial charge in [0.2, 0.25) is 11.7 Å². The van der Waals surface area contributed by atoms with Crippen LogP contribution in [0.25, 0.3) is 6.08 Å². The summed E-state index contributed by atoms with van der Waals surface area (Å²) in [5.74, 6) is -1.03. The van der Waals surface area contributed by atoms with Crippen LogP contribution in [0.2, 0.25) is 0 Å². The Morgan fingerprint density at radius 1 is 0.685 bits per heavy atom. The highest BCUT2D eigenvalue weighted by molar-refractivity contribution is 8.00. The van der Waals surface area contributed by atoms with Gasteiger partial charge in [-0.3, -0.25) is 24.0 Å². The van der Waals surface area contributed by atoms with E-state index >= 15 is 0 Å². The van der Waals surface area contributed by atoms with Crippen molar-refractivity contribution in [2.45, 2.75) is 17.1 Å². The molecule has 1 aliphatic rings. The third-order valence-corrected chi connectivity index (χ3v) is 9.60. The standard InChI is InChI=1S/C42H35N3O8S/c1-24(40(48)44-32-19-11-18-31-36(32)38(47)30-17-9-8-16-29(30)37(31)46)54-28-15-10-14-27(23-28)43-42(50)33(45-41(49)26-12-6-5-7-13-26)20-25-21-34(51-2)39(53-4)35(22-25)52-3/h5-24H,1-4H3,(H,43,50)(H,44,48)(H,45,49)/b33-20+. The van der Waals surface area contributed by atoms with E-state index in [1.54, 1.807) is 116 Å². The summed E-state index contributed by atoms with van der Waals surface area (Å²) < 4.78 is 16.4. The van der Waals surface area contributed by atoms with E-state index in [2.05, 4.69) is 16.0 Å². The molecule has 0 bridgehead atoms. The highest BCUT2D eigenvalue weighted by atomic mass is 32.2. The fourth-order valence-corrected chi connectivity index (χ4v) is 6.81. The van der Waals surface area contributed by atoms with Gasteiger partial charge in [-0.1, -0.05) is 60.7 Å². The van der Waals surface area contributed by atoms with Crippen molar-refractivity contribution in [3.8, 4) is 17.2 Å². The van der Waals surface area contributed by atoms with Crippen molar-refractivity contribution in [1.82, 2.24) is 5.32 Å². The molecule has 0 aromatic heterocycles. The lowest BCUT2D eigenvalue weighted by Gasteiger charge is -2.21. The van der Waals surface area contributed by atoms with E-state index in [1.165, 1.54) is 39.2 Å². The largest absolute Gasteiger partial charge is 0.493 e. The first kappa shape index (κ1) is 37.1. The maximum absolute atomic E-state index is 13.8. The van der Waals surface area contributed by atoms with E-state index in [9.17, 15) is 24.0 Å². The van der Waals surface area contributed by atoms with Crippen LogP contribution in [-0.2, 0) is 9.59 Å². The Hall–Kier alpha value is -6.66. The van der Waals surface area contributed by atoms with Crippen molar-refractivity contribution in [1.29, 1.82) is 0 Å². The number of fused-ring (bicyclic) bond motifs is 2. The smallest absolute Gasteiger partial charge is 0.272 e. The van der Waals surface area contributed by atoms with Crippen LogP contribution in [0.3, 0.4) is 0 Å². The Morgan fingerprint density at radius 2 is 1.31 bits per heavy atom. The molecule has 0 saturated carbocycles. The Morgan fingerprint density at radius 3 is 1.98 bits per heavy atom. The van der Waals surface area contributed by atoms with Crippen LogP contribution < -0.4 is 30.2 Å². The van der Waals surface area contributed by atoms with Gasteiger partial charge in [0.15, 0.2) is 23.1 Å². The van der Waals surface area contributed by atoms with Gasteiger partial charge in [0, 0.05) is 32.8 Å². The number of amides is 3. The molecular formula is C42H35N3O8S. The minimum Gasteiger partial charge on any atom is -0.493 e. The normalized spacial score (nSPS) is 12.5. The zero-order valence-corrected chi connectivity index (χ0v) is 30.5. The highest BCUT2D eigenvalue weighted by Gasteiger charge is 2.32. The summed E-state index contributed by atoms with van der Waals surface area (Å²) in [5.41, 5.74) is 2.45. The molecule has 5 aromatic carbocycles. The number of hydrogen-bond donors (Lipinski definition) is 3. The van der Waals surface area contributed by atoms with Crippen LogP contribution in [0.5, 0.6) is 17.2 Å². The molecule has 6 rings (SSSR count). The molecule has 0 fully saturated rings. The number of rotatable bonds is 12. The Labute approximate surface area is 315 Å². The Kier molecular flexibility index (Phi) is 11.2. The van der Waals surface area contributed by atoms with Gasteiger partial charge in [-0.15, -0.1) is 11.8 Å². The van der Waals surface area contributed by atoms with Crippen LogP contribution in [0.1, 0.15) is 54.7 Å². The van der Waals surface area contributed by atoms with Gasteiger partial charge < -0.3 is 30.2 Å². The topological polar surface area (TPSA) is 149 Å². The third-order valence-electron chi connectivity index (χ3n) is 8.51. The zero-order valence-electron chi connectivity index (χ0n) is 29.7.